The summed E-state index contributed by atoms with van der Waals surface area (Å²) in [5.41, 5.74) is 2.68. The van der Waals surface area contributed by atoms with Crippen molar-refractivity contribution in [3.63, 3.8) is 0 Å². The van der Waals surface area contributed by atoms with E-state index >= 15 is 0 Å². The van der Waals surface area contributed by atoms with Crippen LogP contribution in [0.15, 0.2) is 48.5 Å². The van der Waals surface area contributed by atoms with Gasteiger partial charge in [0.1, 0.15) is 5.75 Å². The number of ether oxygens (including phenoxy) is 1. The topological polar surface area (TPSA) is 70.2 Å². The molecular formula is C22H27N3O4S. The molecule has 1 amide bonds. The number of rotatable bonds is 4. The van der Waals surface area contributed by atoms with Gasteiger partial charge >= 0.3 is 0 Å². The van der Waals surface area contributed by atoms with Gasteiger partial charge in [0, 0.05) is 32.7 Å². The molecule has 0 N–H and O–H groups in total. The molecule has 0 saturated carbocycles. The quantitative estimate of drug-likeness (QED) is 0.742. The standard InChI is InChI=1S/C22H27N3O4S/c1-17-8-9-20-19(14-17)25(30(2,27)28)16-21(29-20)22(26)24-12-10-23(11-13-24)15-18-6-4-3-5-7-18/h3-9,14,21H,10-13,15-16H2,1-2H3/t21-/m1/s1. The summed E-state index contributed by atoms with van der Waals surface area (Å²) in [5.74, 6) is 0.271. The highest BCUT2D eigenvalue weighted by Gasteiger charge is 2.37. The second-order valence-corrected chi connectivity index (χ2v) is 9.87. The molecule has 2 heterocycles. The lowest BCUT2D eigenvalue weighted by molar-refractivity contribution is -0.140. The summed E-state index contributed by atoms with van der Waals surface area (Å²) in [6, 6.07) is 15.6. The number of hydrogen-bond acceptors (Lipinski definition) is 5. The number of fused-ring (bicyclic) bond motifs is 1. The second kappa shape index (κ2) is 8.28. The van der Waals surface area contributed by atoms with E-state index in [9.17, 15) is 13.2 Å². The van der Waals surface area contributed by atoms with Gasteiger partial charge in [0.2, 0.25) is 10.0 Å². The van der Waals surface area contributed by atoms with Crippen LogP contribution in [0.4, 0.5) is 5.69 Å². The minimum absolute atomic E-state index is 0.00164. The number of amides is 1. The summed E-state index contributed by atoms with van der Waals surface area (Å²) < 4.78 is 31.9. The van der Waals surface area contributed by atoms with E-state index in [0.717, 1.165) is 31.5 Å². The highest BCUT2D eigenvalue weighted by molar-refractivity contribution is 7.92. The largest absolute Gasteiger partial charge is 0.476 e. The van der Waals surface area contributed by atoms with Crippen LogP contribution in [0, 0.1) is 6.92 Å². The molecule has 2 aromatic carbocycles. The molecule has 1 saturated heterocycles. The Kier molecular flexibility index (Phi) is 5.71. The maximum Gasteiger partial charge on any atom is 0.265 e. The molecule has 0 spiro atoms. The number of nitrogens with zero attached hydrogens (tertiary/aromatic N) is 3. The number of aryl methyl sites for hydroxylation is 1. The fraction of sp³-hybridized carbons (Fsp3) is 0.409. The van der Waals surface area contributed by atoms with Gasteiger partial charge in [0.05, 0.1) is 18.5 Å². The molecule has 160 valence electrons. The van der Waals surface area contributed by atoms with E-state index in [1.165, 1.54) is 9.87 Å². The zero-order valence-electron chi connectivity index (χ0n) is 17.3. The molecule has 30 heavy (non-hydrogen) atoms. The molecule has 0 aromatic heterocycles. The van der Waals surface area contributed by atoms with Crippen molar-refractivity contribution in [3.8, 4) is 5.75 Å². The van der Waals surface area contributed by atoms with Gasteiger partial charge in [-0.25, -0.2) is 8.42 Å². The Morgan fingerprint density at radius 3 is 2.43 bits per heavy atom. The number of sulfonamides is 1. The van der Waals surface area contributed by atoms with Crippen LogP contribution in [-0.4, -0.2) is 69.2 Å². The van der Waals surface area contributed by atoms with Crippen LogP contribution < -0.4 is 9.04 Å². The predicted octanol–water partition coefficient (Wildman–Crippen LogP) is 1.87. The maximum absolute atomic E-state index is 13.1. The summed E-state index contributed by atoms with van der Waals surface area (Å²) >= 11 is 0. The van der Waals surface area contributed by atoms with Crippen molar-refractivity contribution in [1.82, 2.24) is 9.80 Å². The van der Waals surface area contributed by atoms with Crippen LogP contribution in [0.3, 0.4) is 0 Å². The molecular weight excluding hydrogens is 402 g/mol. The highest BCUT2D eigenvalue weighted by atomic mass is 32.2. The molecule has 8 heteroatoms. The van der Waals surface area contributed by atoms with Gasteiger partial charge in [-0.3, -0.25) is 14.0 Å². The van der Waals surface area contributed by atoms with Crippen molar-refractivity contribution in [2.24, 2.45) is 0 Å². The van der Waals surface area contributed by atoms with Crippen LogP contribution in [0.25, 0.3) is 0 Å². The first kappa shape index (κ1) is 20.7. The van der Waals surface area contributed by atoms with Gasteiger partial charge in [0.25, 0.3) is 5.91 Å². The lowest BCUT2D eigenvalue weighted by Gasteiger charge is -2.39. The first-order valence-electron chi connectivity index (χ1n) is 10.1. The molecule has 1 fully saturated rings. The van der Waals surface area contributed by atoms with E-state index in [4.69, 9.17) is 4.74 Å². The summed E-state index contributed by atoms with van der Waals surface area (Å²) in [4.78, 5) is 17.2. The Morgan fingerprint density at radius 1 is 1.07 bits per heavy atom. The lowest BCUT2D eigenvalue weighted by atomic mass is 10.1. The first-order valence-corrected chi connectivity index (χ1v) is 12.0. The summed E-state index contributed by atoms with van der Waals surface area (Å²) in [7, 11) is -3.52. The normalized spacial score (nSPS) is 19.9. The molecule has 7 nitrogen and oxygen atoms in total. The molecule has 4 rings (SSSR count). The summed E-state index contributed by atoms with van der Waals surface area (Å²) in [6.07, 6.45) is 0.324. The van der Waals surface area contributed by atoms with Crippen LogP contribution in [0.1, 0.15) is 11.1 Å². The predicted molar refractivity (Wildman–Crippen MR) is 116 cm³/mol. The van der Waals surface area contributed by atoms with E-state index < -0.39 is 16.1 Å². The smallest absolute Gasteiger partial charge is 0.265 e. The zero-order chi connectivity index (χ0) is 21.3. The molecule has 1 atom stereocenters. The number of piperazine rings is 1. The van der Waals surface area contributed by atoms with Crippen LogP contribution in [0.5, 0.6) is 5.75 Å². The van der Waals surface area contributed by atoms with Gasteiger partial charge in [-0.1, -0.05) is 36.4 Å². The molecule has 0 unspecified atom stereocenters. The average molecular weight is 430 g/mol. The fourth-order valence-corrected chi connectivity index (χ4v) is 4.88. The number of carbonyl (C=O) groups is 1. The number of benzene rings is 2. The van der Waals surface area contributed by atoms with E-state index in [1.54, 1.807) is 17.0 Å². The summed E-state index contributed by atoms with van der Waals surface area (Å²) in [5, 5.41) is 0. The number of hydrogen-bond donors (Lipinski definition) is 0. The van der Waals surface area contributed by atoms with E-state index in [1.807, 2.05) is 31.2 Å². The molecule has 2 aromatic rings. The van der Waals surface area contributed by atoms with Gasteiger partial charge in [-0.15, -0.1) is 0 Å². The molecule has 0 aliphatic carbocycles. The Balaban J connectivity index is 1.43. The van der Waals surface area contributed by atoms with Crippen LogP contribution in [0.2, 0.25) is 0 Å². The number of anilines is 1. The Hall–Kier alpha value is -2.58. The highest BCUT2D eigenvalue weighted by Crippen LogP contribution is 2.36. The van der Waals surface area contributed by atoms with E-state index in [-0.39, 0.29) is 12.5 Å². The number of carbonyl (C=O) groups excluding carboxylic acids is 1. The Labute approximate surface area is 177 Å². The van der Waals surface area contributed by atoms with Crippen molar-refractivity contribution in [2.45, 2.75) is 19.6 Å². The van der Waals surface area contributed by atoms with Gasteiger partial charge in [-0.05, 0) is 30.2 Å². The minimum Gasteiger partial charge on any atom is -0.476 e. The third-order valence-corrected chi connectivity index (χ3v) is 6.74. The molecule has 2 aliphatic rings. The molecule has 0 radical (unpaired) electrons. The van der Waals surface area contributed by atoms with Crippen molar-refractivity contribution < 1.29 is 17.9 Å². The zero-order valence-corrected chi connectivity index (χ0v) is 18.1. The Morgan fingerprint density at radius 2 is 1.77 bits per heavy atom. The third kappa shape index (κ3) is 4.44. The maximum atomic E-state index is 13.1. The van der Waals surface area contributed by atoms with Crippen molar-refractivity contribution in [2.75, 3.05) is 43.3 Å². The Bertz CT molecular complexity index is 1020. The van der Waals surface area contributed by atoms with Gasteiger partial charge < -0.3 is 9.64 Å². The van der Waals surface area contributed by atoms with Crippen LogP contribution in [-0.2, 0) is 21.4 Å². The third-order valence-electron chi connectivity index (χ3n) is 5.59. The lowest BCUT2D eigenvalue weighted by Crippen LogP contribution is -2.56. The minimum atomic E-state index is -3.52. The summed E-state index contributed by atoms with van der Waals surface area (Å²) in [6.45, 7) is 5.51. The fourth-order valence-electron chi connectivity index (χ4n) is 3.98. The van der Waals surface area contributed by atoms with Crippen LogP contribution >= 0.6 is 0 Å². The first-order chi connectivity index (χ1) is 14.3. The molecule has 2 aliphatic heterocycles. The van der Waals surface area contributed by atoms with Crippen molar-refractivity contribution in [1.29, 1.82) is 0 Å². The monoisotopic (exact) mass is 429 g/mol. The van der Waals surface area contributed by atoms with Gasteiger partial charge in [0.15, 0.2) is 6.10 Å². The van der Waals surface area contributed by atoms with Crippen molar-refractivity contribution in [3.05, 3.63) is 59.7 Å². The van der Waals surface area contributed by atoms with Gasteiger partial charge in [-0.2, -0.15) is 0 Å². The van der Waals surface area contributed by atoms with E-state index in [2.05, 4.69) is 17.0 Å². The van der Waals surface area contributed by atoms with E-state index in [0.29, 0.717) is 24.5 Å². The molecule has 0 bridgehead atoms. The second-order valence-electron chi connectivity index (χ2n) is 7.96. The average Bonchev–Trinajstić information content (AvgIpc) is 2.73. The van der Waals surface area contributed by atoms with Crippen molar-refractivity contribution >= 4 is 21.6 Å². The SMILES string of the molecule is Cc1ccc2c(c1)N(S(C)(=O)=O)C[C@H](C(=O)N1CCN(Cc3ccccc3)CC1)O2.